The third kappa shape index (κ3) is 3.77. The number of aliphatic hydroxyl groups is 1. The summed E-state index contributed by atoms with van der Waals surface area (Å²) in [7, 11) is 1.65. The zero-order valence-electron chi connectivity index (χ0n) is 9.61. The second-order valence-electron chi connectivity index (χ2n) is 3.92. The van der Waals surface area contributed by atoms with Crippen molar-refractivity contribution >= 4 is 15.9 Å². The van der Waals surface area contributed by atoms with Crippen molar-refractivity contribution in [1.29, 1.82) is 0 Å². The zero-order valence-corrected chi connectivity index (χ0v) is 11.2. The zero-order chi connectivity index (χ0) is 12.1. The fourth-order valence-electron chi connectivity index (χ4n) is 1.51. The monoisotopic (exact) mass is 287 g/mol. The molecule has 3 N–H and O–H groups in total. The Morgan fingerprint density at radius 1 is 1.50 bits per heavy atom. The number of aliphatic hydroxyl groups excluding tert-OH is 1. The maximum absolute atomic E-state index is 9.64. The van der Waals surface area contributed by atoms with E-state index < -0.39 is 6.10 Å². The van der Waals surface area contributed by atoms with Crippen molar-refractivity contribution in [3.05, 3.63) is 28.2 Å². The third-order valence-electron chi connectivity index (χ3n) is 2.56. The van der Waals surface area contributed by atoms with Crippen molar-refractivity contribution in [3.8, 4) is 5.75 Å². The van der Waals surface area contributed by atoms with Crippen LogP contribution in [-0.2, 0) is 6.42 Å². The Balaban J connectivity index is 2.68. The highest BCUT2D eigenvalue weighted by molar-refractivity contribution is 9.10. The third-order valence-corrected chi connectivity index (χ3v) is 3.05. The lowest BCUT2D eigenvalue weighted by Crippen LogP contribution is -2.31. The van der Waals surface area contributed by atoms with E-state index in [1.165, 1.54) is 0 Å². The van der Waals surface area contributed by atoms with Gasteiger partial charge in [-0.15, -0.1) is 0 Å². The summed E-state index contributed by atoms with van der Waals surface area (Å²) in [4.78, 5) is 0. The van der Waals surface area contributed by atoms with Crippen LogP contribution in [0.25, 0.3) is 0 Å². The topological polar surface area (TPSA) is 55.5 Å². The number of hydrogen-bond donors (Lipinski definition) is 2. The number of nitrogens with two attached hydrogens (primary N) is 1. The highest BCUT2D eigenvalue weighted by Crippen LogP contribution is 2.24. The van der Waals surface area contributed by atoms with E-state index in [9.17, 15) is 5.11 Å². The number of benzene rings is 1. The molecule has 0 spiro atoms. The second kappa shape index (κ2) is 6.23. The summed E-state index contributed by atoms with van der Waals surface area (Å²) >= 11 is 3.42. The van der Waals surface area contributed by atoms with E-state index >= 15 is 0 Å². The molecule has 16 heavy (non-hydrogen) atoms. The lowest BCUT2D eigenvalue weighted by Gasteiger charge is -2.15. The van der Waals surface area contributed by atoms with Gasteiger partial charge in [-0.05, 0) is 43.5 Å². The van der Waals surface area contributed by atoms with Crippen LogP contribution in [0.4, 0.5) is 0 Å². The summed E-state index contributed by atoms with van der Waals surface area (Å²) in [6.07, 6.45) is 0.930. The van der Waals surface area contributed by atoms with E-state index in [1.807, 2.05) is 25.1 Å². The van der Waals surface area contributed by atoms with Crippen LogP contribution in [0.1, 0.15) is 18.9 Å². The molecule has 1 aromatic rings. The Kier molecular flexibility index (Phi) is 5.25. The van der Waals surface area contributed by atoms with Gasteiger partial charge in [-0.25, -0.2) is 0 Å². The molecule has 1 rings (SSSR count). The maximum atomic E-state index is 9.64. The van der Waals surface area contributed by atoms with E-state index in [0.717, 1.165) is 22.2 Å². The van der Waals surface area contributed by atoms with Crippen LogP contribution in [0.3, 0.4) is 0 Å². The molecule has 0 amide bonds. The molecule has 2 unspecified atom stereocenters. The molecular formula is C12H18BrNO2. The molecule has 0 radical (unpaired) electrons. The van der Waals surface area contributed by atoms with Gasteiger partial charge in [-0.2, -0.15) is 0 Å². The Hall–Kier alpha value is -0.580. The minimum absolute atomic E-state index is 0.196. The summed E-state index contributed by atoms with van der Waals surface area (Å²) in [6.45, 7) is 1.81. The first-order valence-electron chi connectivity index (χ1n) is 5.30. The number of halogens is 1. The van der Waals surface area contributed by atoms with Crippen LogP contribution in [0, 0.1) is 0 Å². The maximum Gasteiger partial charge on any atom is 0.122 e. The summed E-state index contributed by atoms with van der Waals surface area (Å²) in [6, 6.07) is 5.66. The Labute approximate surface area is 105 Å². The predicted molar refractivity (Wildman–Crippen MR) is 68.7 cm³/mol. The van der Waals surface area contributed by atoms with Gasteiger partial charge in [0, 0.05) is 10.5 Å². The first-order valence-corrected chi connectivity index (χ1v) is 6.10. The Morgan fingerprint density at radius 3 is 2.75 bits per heavy atom. The van der Waals surface area contributed by atoms with Crippen LogP contribution >= 0.6 is 15.9 Å². The molecular weight excluding hydrogens is 270 g/mol. The highest BCUT2D eigenvalue weighted by Gasteiger charge is 2.11. The van der Waals surface area contributed by atoms with Crippen molar-refractivity contribution in [1.82, 2.24) is 0 Å². The molecule has 0 aliphatic carbocycles. The molecule has 0 fully saturated rings. The largest absolute Gasteiger partial charge is 0.496 e. The van der Waals surface area contributed by atoms with Crippen LogP contribution < -0.4 is 10.5 Å². The molecule has 4 heteroatoms. The number of aryl methyl sites for hydroxylation is 1. The average molecular weight is 288 g/mol. The van der Waals surface area contributed by atoms with Crippen LogP contribution in [-0.4, -0.2) is 24.4 Å². The van der Waals surface area contributed by atoms with Crippen LogP contribution in [0.2, 0.25) is 0 Å². The molecule has 2 atom stereocenters. The Bertz CT molecular complexity index is 342. The minimum atomic E-state index is -0.469. The molecule has 0 aromatic heterocycles. The van der Waals surface area contributed by atoms with Gasteiger partial charge in [0.2, 0.25) is 0 Å². The first kappa shape index (κ1) is 13.5. The average Bonchev–Trinajstić information content (AvgIpc) is 2.25. The van der Waals surface area contributed by atoms with Crippen molar-refractivity contribution in [2.45, 2.75) is 31.9 Å². The molecule has 1 aromatic carbocycles. The normalized spacial score (nSPS) is 14.6. The van der Waals surface area contributed by atoms with Gasteiger partial charge in [0.1, 0.15) is 5.75 Å². The smallest absolute Gasteiger partial charge is 0.122 e. The van der Waals surface area contributed by atoms with Gasteiger partial charge in [0.05, 0.1) is 13.2 Å². The van der Waals surface area contributed by atoms with Gasteiger partial charge in [0.25, 0.3) is 0 Å². The van der Waals surface area contributed by atoms with E-state index in [2.05, 4.69) is 15.9 Å². The minimum Gasteiger partial charge on any atom is -0.496 e. The van der Waals surface area contributed by atoms with Crippen molar-refractivity contribution in [2.24, 2.45) is 5.73 Å². The van der Waals surface area contributed by atoms with Gasteiger partial charge in [-0.1, -0.05) is 15.9 Å². The standard InChI is InChI=1S/C12H18BrNO2/c1-8(14)11(15)5-3-9-7-10(13)4-6-12(9)16-2/h4,6-8,11,15H,3,5,14H2,1-2H3. The van der Waals surface area contributed by atoms with Gasteiger partial charge in [-0.3, -0.25) is 0 Å². The van der Waals surface area contributed by atoms with Crippen LogP contribution in [0.15, 0.2) is 22.7 Å². The van der Waals surface area contributed by atoms with Crippen molar-refractivity contribution in [2.75, 3.05) is 7.11 Å². The van der Waals surface area contributed by atoms with Crippen LogP contribution in [0.5, 0.6) is 5.75 Å². The number of ether oxygens (including phenoxy) is 1. The summed E-state index contributed by atoms with van der Waals surface area (Å²) in [5.41, 5.74) is 6.69. The lowest BCUT2D eigenvalue weighted by atomic mass is 10.0. The quantitative estimate of drug-likeness (QED) is 0.872. The summed E-state index contributed by atoms with van der Waals surface area (Å²) < 4.78 is 6.27. The highest BCUT2D eigenvalue weighted by atomic mass is 79.9. The fourth-order valence-corrected chi connectivity index (χ4v) is 1.92. The summed E-state index contributed by atoms with van der Waals surface area (Å²) in [5, 5.41) is 9.64. The van der Waals surface area contributed by atoms with E-state index in [1.54, 1.807) is 7.11 Å². The van der Waals surface area contributed by atoms with Gasteiger partial charge >= 0.3 is 0 Å². The number of rotatable bonds is 5. The van der Waals surface area contributed by atoms with E-state index in [4.69, 9.17) is 10.5 Å². The lowest BCUT2D eigenvalue weighted by molar-refractivity contribution is 0.141. The van der Waals surface area contributed by atoms with Crippen molar-refractivity contribution in [3.63, 3.8) is 0 Å². The Morgan fingerprint density at radius 2 is 2.19 bits per heavy atom. The second-order valence-corrected chi connectivity index (χ2v) is 4.84. The van der Waals surface area contributed by atoms with Gasteiger partial charge in [0.15, 0.2) is 0 Å². The van der Waals surface area contributed by atoms with E-state index in [0.29, 0.717) is 6.42 Å². The molecule has 0 aliphatic rings. The first-order chi connectivity index (χ1) is 7.54. The molecule has 0 bridgehead atoms. The molecule has 0 saturated carbocycles. The number of hydrogen-bond acceptors (Lipinski definition) is 3. The van der Waals surface area contributed by atoms with E-state index in [-0.39, 0.29) is 6.04 Å². The number of methoxy groups -OCH3 is 1. The molecule has 90 valence electrons. The summed E-state index contributed by atoms with van der Waals surface area (Å²) in [5.74, 6) is 0.847. The van der Waals surface area contributed by atoms with Crippen molar-refractivity contribution < 1.29 is 9.84 Å². The molecule has 0 saturated heterocycles. The SMILES string of the molecule is COc1ccc(Br)cc1CCC(O)C(C)N. The molecule has 0 aliphatic heterocycles. The fraction of sp³-hybridized carbons (Fsp3) is 0.500. The molecule has 0 heterocycles. The van der Waals surface area contributed by atoms with Gasteiger partial charge < -0.3 is 15.6 Å². The predicted octanol–water partition coefficient (Wildman–Crippen LogP) is 2.10. The molecule has 3 nitrogen and oxygen atoms in total.